The summed E-state index contributed by atoms with van der Waals surface area (Å²) in [5.74, 6) is -0.861. The molecule has 0 bridgehead atoms. The maximum Gasteiger partial charge on any atom is 0.354 e. The van der Waals surface area contributed by atoms with Crippen LogP contribution in [0.2, 0.25) is 0 Å². The number of nitrogens with zero attached hydrogens (tertiary/aromatic N) is 1. The van der Waals surface area contributed by atoms with Gasteiger partial charge in [-0.05, 0) is 31.9 Å². The number of pyridine rings is 1. The Hall–Kier alpha value is -2.11. The summed E-state index contributed by atoms with van der Waals surface area (Å²) in [4.78, 5) is 26.5. The van der Waals surface area contributed by atoms with Gasteiger partial charge in [-0.3, -0.25) is 4.79 Å². The molecule has 114 valence electrons. The largest absolute Gasteiger partial charge is 0.479 e. The summed E-state index contributed by atoms with van der Waals surface area (Å²) in [6, 6.07) is 3.09. The number of ether oxygens (including phenoxy) is 1. The molecular weight excluding hydrogens is 272 g/mol. The van der Waals surface area contributed by atoms with Crippen LogP contribution in [0.25, 0.3) is 0 Å². The molecule has 0 radical (unpaired) electrons. The maximum atomic E-state index is 12.0. The molecule has 1 aliphatic rings. The zero-order valence-corrected chi connectivity index (χ0v) is 12.0. The minimum Gasteiger partial charge on any atom is -0.479 e. The molecular formula is C15H20N2O4. The predicted octanol–water partition coefficient (Wildman–Crippen LogP) is 2.00. The zero-order chi connectivity index (χ0) is 15.2. The van der Waals surface area contributed by atoms with Gasteiger partial charge < -0.3 is 15.2 Å². The van der Waals surface area contributed by atoms with Crippen LogP contribution in [0.5, 0.6) is 5.75 Å². The molecule has 6 nitrogen and oxygen atoms in total. The smallest absolute Gasteiger partial charge is 0.354 e. The lowest BCUT2D eigenvalue weighted by atomic mass is 9.95. The fourth-order valence-corrected chi connectivity index (χ4v) is 2.40. The second-order valence-electron chi connectivity index (χ2n) is 5.29. The minimum absolute atomic E-state index is 0.0540. The van der Waals surface area contributed by atoms with Crippen molar-refractivity contribution in [3.8, 4) is 5.75 Å². The number of hydrogen-bond acceptors (Lipinski definition) is 4. The molecule has 1 aliphatic carbocycles. The fourth-order valence-electron chi connectivity index (χ4n) is 2.40. The van der Waals surface area contributed by atoms with Crippen LogP contribution < -0.4 is 10.1 Å². The van der Waals surface area contributed by atoms with Gasteiger partial charge in [0, 0.05) is 6.04 Å². The van der Waals surface area contributed by atoms with Crippen molar-refractivity contribution in [3.05, 3.63) is 24.0 Å². The van der Waals surface area contributed by atoms with E-state index in [1.165, 1.54) is 24.8 Å². The Morgan fingerprint density at radius 2 is 2.05 bits per heavy atom. The highest BCUT2D eigenvalue weighted by molar-refractivity contribution is 5.85. The number of carbonyl (C=O) groups is 2. The fraction of sp³-hybridized carbons (Fsp3) is 0.533. The molecule has 1 saturated carbocycles. The molecule has 1 atom stereocenters. The van der Waals surface area contributed by atoms with Crippen molar-refractivity contribution < 1.29 is 19.4 Å². The summed E-state index contributed by atoms with van der Waals surface area (Å²) in [6.07, 6.45) is 6.26. The molecule has 2 N–H and O–H groups in total. The average Bonchev–Trinajstić information content (AvgIpc) is 2.48. The molecule has 21 heavy (non-hydrogen) atoms. The van der Waals surface area contributed by atoms with Crippen molar-refractivity contribution in [3.63, 3.8) is 0 Å². The van der Waals surface area contributed by atoms with E-state index in [0.717, 1.165) is 25.7 Å². The number of carboxylic acid groups (broad SMARTS) is 1. The van der Waals surface area contributed by atoms with Gasteiger partial charge >= 0.3 is 5.97 Å². The molecule has 0 saturated heterocycles. The Kier molecular flexibility index (Phi) is 5.14. The molecule has 2 rings (SSSR count). The normalized spacial score (nSPS) is 17.0. The number of rotatable bonds is 5. The van der Waals surface area contributed by atoms with Gasteiger partial charge in [-0.2, -0.15) is 0 Å². The van der Waals surface area contributed by atoms with Crippen molar-refractivity contribution in [2.75, 3.05) is 0 Å². The van der Waals surface area contributed by atoms with Crippen molar-refractivity contribution in [1.82, 2.24) is 10.3 Å². The summed E-state index contributed by atoms with van der Waals surface area (Å²) >= 11 is 0. The first-order valence-corrected chi connectivity index (χ1v) is 7.22. The Bertz CT molecular complexity index is 495. The first-order valence-electron chi connectivity index (χ1n) is 7.22. The average molecular weight is 292 g/mol. The summed E-state index contributed by atoms with van der Waals surface area (Å²) in [6.45, 7) is 1.67. The number of hydrogen-bond donors (Lipinski definition) is 2. The molecule has 0 aliphatic heterocycles. The lowest BCUT2D eigenvalue weighted by Crippen LogP contribution is -2.43. The number of carboxylic acids is 1. The predicted molar refractivity (Wildman–Crippen MR) is 76.3 cm³/mol. The minimum atomic E-state index is -1.09. The van der Waals surface area contributed by atoms with Gasteiger partial charge in [-0.1, -0.05) is 19.3 Å². The van der Waals surface area contributed by atoms with Crippen molar-refractivity contribution in [2.24, 2.45) is 0 Å². The van der Waals surface area contributed by atoms with E-state index < -0.39 is 12.1 Å². The Morgan fingerprint density at radius 1 is 1.33 bits per heavy atom. The zero-order valence-electron chi connectivity index (χ0n) is 12.0. The highest BCUT2D eigenvalue weighted by atomic mass is 16.5. The van der Waals surface area contributed by atoms with E-state index in [1.54, 1.807) is 6.92 Å². The molecule has 0 spiro atoms. The molecule has 1 aromatic heterocycles. The first kappa shape index (κ1) is 15.3. The third-order valence-electron chi connectivity index (χ3n) is 3.59. The van der Waals surface area contributed by atoms with Crippen LogP contribution in [0.4, 0.5) is 0 Å². The van der Waals surface area contributed by atoms with Gasteiger partial charge in [-0.25, -0.2) is 9.78 Å². The maximum absolute atomic E-state index is 12.0. The standard InChI is InChI=1S/C15H20N2O4/c1-10(14(18)17-11-5-3-2-4-6-11)21-12-7-8-13(15(19)20)16-9-12/h7-11H,2-6H2,1H3,(H,17,18)(H,19,20). The quantitative estimate of drug-likeness (QED) is 0.866. The molecule has 0 aromatic carbocycles. The van der Waals surface area contributed by atoms with Gasteiger partial charge in [0.1, 0.15) is 11.4 Å². The summed E-state index contributed by atoms with van der Waals surface area (Å²) in [7, 11) is 0. The monoisotopic (exact) mass is 292 g/mol. The number of amides is 1. The van der Waals surface area contributed by atoms with Gasteiger partial charge in [0.2, 0.25) is 0 Å². The summed E-state index contributed by atoms with van der Waals surface area (Å²) in [5, 5.41) is 11.8. The van der Waals surface area contributed by atoms with Crippen LogP contribution in [0, 0.1) is 0 Å². The van der Waals surface area contributed by atoms with Crippen molar-refractivity contribution in [2.45, 2.75) is 51.2 Å². The van der Waals surface area contributed by atoms with Crippen LogP contribution in [0.3, 0.4) is 0 Å². The molecule has 1 fully saturated rings. The van der Waals surface area contributed by atoms with Crippen LogP contribution in [0.1, 0.15) is 49.5 Å². The second kappa shape index (κ2) is 7.06. The lowest BCUT2D eigenvalue weighted by Gasteiger charge is -2.24. The van der Waals surface area contributed by atoms with Crippen LogP contribution in [0.15, 0.2) is 18.3 Å². The second-order valence-corrected chi connectivity index (χ2v) is 5.29. The van der Waals surface area contributed by atoms with Gasteiger partial charge in [-0.15, -0.1) is 0 Å². The van der Waals surface area contributed by atoms with Crippen molar-refractivity contribution >= 4 is 11.9 Å². The number of aromatic carboxylic acids is 1. The van der Waals surface area contributed by atoms with E-state index >= 15 is 0 Å². The Balaban J connectivity index is 1.86. The highest BCUT2D eigenvalue weighted by Gasteiger charge is 2.20. The summed E-state index contributed by atoms with van der Waals surface area (Å²) in [5.41, 5.74) is -0.0540. The molecule has 6 heteroatoms. The third-order valence-corrected chi connectivity index (χ3v) is 3.59. The van der Waals surface area contributed by atoms with E-state index in [0.29, 0.717) is 5.75 Å². The molecule has 1 unspecified atom stereocenters. The van der Waals surface area contributed by atoms with Crippen LogP contribution in [-0.2, 0) is 4.79 Å². The van der Waals surface area contributed by atoms with Gasteiger partial charge in [0.05, 0.1) is 6.20 Å². The number of aromatic nitrogens is 1. The van der Waals surface area contributed by atoms with E-state index in [4.69, 9.17) is 9.84 Å². The van der Waals surface area contributed by atoms with Gasteiger partial charge in [0.15, 0.2) is 6.10 Å². The SMILES string of the molecule is CC(Oc1ccc(C(=O)O)nc1)C(=O)NC1CCCCC1. The molecule has 1 amide bonds. The lowest BCUT2D eigenvalue weighted by molar-refractivity contribution is -0.128. The number of nitrogens with one attached hydrogen (secondary N) is 1. The number of carbonyl (C=O) groups excluding carboxylic acids is 1. The van der Waals surface area contributed by atoms with Crippen LogP contribution in [-0.4, -0.2) is 34.1 Å². The highest BCUT2D eigenvalue weighted by Crippen LogP contribution is 2.18. The third kappa shape index (κ3) is 4.44. The summed E-state index contributed by atoms with van der Waals surface area (Å²) < 4.78 is 5.48. The van der Waals surface area contributed by atoms with Crippen molar-refractivity contribution in [1.29, 1.82) is 0 Å². The molecule has 1 aromatic rings. The van der Waals surface area contributed by atoms with Crippen LogP contribution >= 0.6 is 0 Å². The van der Waals surface area contributed by atoms with Gasteiger partial charge in [0.25, 0.3) is 5.91 Å². The van der Waals surface area contributed by atoms with E-state index in [1.807, 2.05) is 0 Å². The first-order chi connectivity index (χ1) is 10.1. The van der Waals surface area contributed by atoms with E-state index in [-0.39, 0.29) is 17.6 Å². The van der Waals surface area contributed by atoms with E-state index in [9.17, 15) is 9.59 Å². The Labute approximate surface area is 123 Å². The topological polar surface area (TPSA) is 88.5 Å². The Morgan fingerprint density at radius 3 is 2.62 bits per heavy atom. The van der Waals surface area contributed by atoms with E-state index in [2.05, 4.69) is 10.3 Å². The molecule has 1 heterocycles.